The average Bonchev–Trinajstić information content (AvgIpc) is 3.03. The maximum absolute atomic E-state index is 12.7. The van der Waals surface area contributed by atoms with Crippen molar-refractivity contribution in [1.29, 1.82) is 0 Å². The standard InChI is InChI=1S/C21H26N4O2/c1-3-16-8-10-17(11-9-16)15(2)23-20(27)14-25-19-7-5-4-6-18(19)24-21(25)22-12-13-26/h4-11,15,26H,3,12-14H2,1-2H3,(H,22,24)(H,23,27). The molecule has 3 aromatic rings. The number of aliphatic hydroxyl groups is 1. The molecule has 3 rings (SSSR count). The summed E-state index contributed by atoms with van der Waals surface area (Å²) >= 11 is 0. The lowest BCUT2D eigenvalue weighted by atomic mass is 10.1. The van der Waals surface area contributed by atoms with Crippen molar-refractivity contribution < 1.29 is 9.90 Å². The van der Waals surface area contributed by atoms with Crippen LogP contribution in [-0.4, -0.2) is 33.7 Å². The Hall–Kier alpha value is -2.86. The Morgan fingerprint density at radius 1 is 1.19 bits per heavy atom. The maximum atomic E-state index is 12.7. The Bertz CT molecular complexity index is 902. The van der Waals surface area contributed by atoms with E-state index in [1.54, 1.807) is 0 Å². The number of aryl methyl sites for hydroxylation is 1. The van der Waals surface area contributed by atoms with Gasteiger partial charge in [-0.25, -0.2) is 4.98 Å². The molecule has 0 bridgehead atoms. The van der Waals surface area contributed by atoms with Crippen LogP contribution in [0.2, 0.25) is 0 Å². The van der Waals surface area contributed by atoms with Crippen LogP contribution in [0.15, 0.2) is 48.5 Å². The van der Waals surface area contributed by atoms with Gasteiger partial charge in [0.1, 0.15) is 6.54 Å². The number of imidazole rings is 1. The molecule has 0 saturated carbocycles. The van der Waals surface area contributed by atoms with Gasteiger partial charge in [-0.15, -0.1) is 0 Å². The van der Waals surface area contributed by atoms with E-state index in [4.69, 9.17) is 5.11 Å². The highest BCUT2D eigenvalue weighted by atomic mass is 16.3. The second-order valence-electron chi connectivity index (χ2n) is 6.54. The smallest absolute Gasteiger partial charge is 0.240 e. The molecule has 1 heterocycles. The molecule has 2 aromatic carbocycles. The van der Waals surface area contributed by atoms with E-state index < -0.39 is 0 Å². The molecular weight excluding hydrogens is 340 g/mol. The second-order valence-corrected chi connectivity index (χ2v) is 6.54. The largest absolute Gasteiger partial charge is 0.395 e. The molecule has 1 unspecified atom stereocenters. The fourth-order valence-electron chi connectivity index (χ4n) is 3.09. The number of nitrogens with zero attached hydrogens (tertiary/aromatic N) is 2. The summed E-state index contributed by atoms with van der Waals surface area (Å²) in [4.78, 5) is 17.2. The zero-order valence-corrected chi connectivity index (χ0v) is 15.8. The summed E-state index contributed by atoms with van der Waals surface area (Å²) in [6, 6.07) is 15.9. The number of para-hydroxylation sites is 2. The highest BCUT2D eigenvalue weighted by Crippen LogP contribution is 2.20. The molecule has 142 valence electrons. The van der Waals surface area contributed by atoms with Crippen LogP contribution in [-0.2, 0) is 17.8 Å². The lowest BCUT2D eigenvalue weighted by Gasteiger charge is -2.16. The van der Waals surface area contributed by atoms with E-state index in [1.807, 2.05) is 35.8 Å². The van der Waals surface area contributed by atoms with E-state index in [2.05, 4.69) is 46.8 Å². The summed E-state index contributed by atoms with van der Waals surface area (Å²) < 4.78 is 1.84. The molecule has 1 amide bonds. The number of nitrogens with one attached hydrogen (secondary N) is 2. The summed E-state index contributed by atoms with van der Waals surface area (Å²) in [5.41, 5.74) is 4.05. The van der Waals surface area contributed by atoms with Gasteiger partial charge in [0.2, 0.25) is 11.9 Å². The number of fused-ring (bicyclic) bond motifs is 1. The molecule has 0 fully saturated rings. The van der Waals surface area contributed by atoms with Crippen molar-refractivity contribution in [1.82, 2.24) is 14.9 Å². The molecule has 0 aliphatic heterocycles. The van der Waals surface area contributed by atoms with Crippen LogP contribution in [0.1, 0.15) is 31.0 Å². The number of carbonyl (C=O) groups is 1. The van der Waals surface area contributed by atoms with E-state index in [1.165, 1.54) is 5.56 Å². The van der Waals surface area contributed by atoms with Crippen LogP contribution in [0.25, 0.3) is 11.0 Å². The van der Waals surface area contributed by atoms with Gasteiger partial charge in [0.15, 0.2) is 0 Å². The number of hydrogen-bond donors (Lipinski definition) is 3. The number of aromatic nitrogens is 2. The molecule has 0 radical (unpaired) electrons. The van der Waals surface area contributed by atoms with Crippen LogP contribution < -0.4 is 10.6 Å². The first kappa shape index (κ1) is 18.9. The number of aliphatic hydroxyl groups excluding tert-OH is 1. The lowest BCUT2D eigenvalue weighted by molar-refractivity contribution is -0.122. The van der Waals surface area contributed by atoms with Crippen LogP contribution >= 0.6 is 0 Å². The minimum Gasteiger partial charge on any atom is -0.395 e. The number of amides is 1. The second kappa shape index (κ2) is 8.68. The molecule has 0 saturated heterocycles. The number of anilines is 1. The Labute approximate surface area is 159 Å². The average molecular weight is 366 g/mol. The van der Waals surface area contributed by atoms with Crippen molar-refractivity contribution in [2.24, 2.45) is 0 Å². The third-order valence-electron chi connectivity index (χ3n) is 4.62. The Morgan fingerprint density at radius 2 is 1.93 bits per heavy atom. The van der Waals surface area contributed by atoms with E-state index >= 15 is 0 Å². The zero-order valence-electron chi connectivity index (χ0n) is 15.8. The van der Waals surface area contributed by atoms with E-state index in [0.717, 1.165) is 23.0 Å². The van der Waals surface area contributed by atoms with Crippen molar-refractivity contribution in [3.8, 4) is 0 Å². The minimum atomic E-state index is -0.0859. The van der Waals surface area contributed by atoms with Crippen LogP contribution in [0.3, 0.4) is 0 Å². The predicted molar refractivity (Wildman–Crippen MR) is 108 cm³/mol. The summed E-state index contributed by atoms with van der Waals surface area (Å²) in [5, 5.41) is 15.2. The van der Waals surface area contributed by atoms with Gasteiger partial charge in [-0.1, -0.05) is 43.3 Å². The van der Waals surface area contributed by atoms with Gasteiger partial charge in [0.25, 0.3) is 0 Å². The van der Waals surface area contributed by atoms with Gasteiger partial charge in [-0.05, 0) is 36.6 Å². The van der Waals surface area contributed by atoms with Crippen molar-refractivity contribution in [3.05, 3.63) is 59.7 Å². The maximum Gasteiger partial charge on any atom is 0.240 e. The van der Waals surface area contributed by atoms with Gasteiger partial charge >= 0.3 is 0 Å². The first-order valence-electron chi connectivity index (χ1n) is 9.30. The third kappa shape index (κ3) is 4.46. The highest BCUT2D eigenvalue weighted by molar-refractivity contribution is 5.83. The molecule has 1 atom stereocenters. The number of benzene rings is 2. The normalized spacial score (nSPS) is 12.1. The lowest BCUT2D eigenvalue weighted by Crippen LogP contribution is -2.30. The molecular formula is C21H26N4O2. The van der Waals surface area contributed by atoms with Gasteiger partial charge in [-0.3, -0.25) is 4.79 Å². The summed E-state index contributed by atoms with van der Waals surface area (Å²) in [5.74, 6) is 0.498. The first-order valence-corrected chi connectivity index (χ1v) is 9.30. The molecule has 1 aromatic heterocycles. The molecule has 0 aliphatic carbocycles. The van der Waals surface area contributed by atoms with E-state index in [-0.39, 0.29) is 25.1 Å². The van der Waals surface area contributed by atoms with E-state index in [9.17, 15) is 4.79 Å². The molecule has 0 aliphatic rings. The molecule has 3 N–H and O–H groups in total. The fraction of sp³-hybridized carbons (Fsp3) is 0.333. The van der Waals surface area contributed by atoms with E-state index in [0.29, 0.717) is 12.5 Å². The van der Waals surface area contributed by atoms with Crippen molar-refractivity contribution in [3.63, 3.8) is 0 Å². The first-order chi connectivity index (χ1) is 13.1. The molecule has 27 heavy (non-hydrogen) atoms. The molecule has 6 heteroatoms. The number of hydrogen-bond acceptors (Lipinski definition) is 4. The van der Waals surface area contributed by atoms with Crippen molar-refractivity contribution in [2.75, 3.05) is 18.5 Å². The SMILES string of the molecule is CCc1ccc(C(C)NC(=O)Cn2c(NCCO)nc3ccccc32)cc1. The quantitative estimate of drug-likeness (QED) is 0.573. The third-order valence-corrected chi connectivity index (χ3v) is 4.62. The minimum absolute atomic E-state index is 0.000190. The molecule has 6 nitrogen and oxygen atoms in total. The fourth-order valence-corrected chi connectivity index (χ4v) is 3.09. The van der Waals surface area contributed by atoms with Gasteiger partial charge in [-0.2, -0.15) is 0 Å². The summed E-state index contributed by atoms with van der Waals surface area (Å²) in [7, 11) is 0. The summed E-state index contributed by atoms with van der Waals surface area (Å²) in [6.07, 6.45) is 0.998. The zero-order chi connectivity index (χ0) is 19.2. The number of rotatable bonds is 8. The van der Waals surface area contributed by atoms with Gasteiger partial charge in [0.05, 0.1) is 23.7 Å². The monoisotopic (exact) mass is 366 g/mol. The van der Waals surface area contributed by atoms with Crippen LogP contribution in [0.5, 0.6) is 0 Å². The van der Waals surface area contributed by atoms with Crippen LogP contribution in [0, 0.1) is 0 Å². The summed E-state index contributed by atoms with van der Waals surface area (Å²) in [6.45, 7) is 4.64. The molecule has 0 spiro atoms. The highest BCUT2D eigenvalue weighted by Gasteiger charge is 2.15. The topological polar surface area (TPSA) is 79.2 Å². The predicted octanol–water partition coefficient (Wildman–Crippen LogP) is 2.88. The van der Waals surface area contributed by atoms with Crippen molar-refractivity contribution >= 4 is 22.9 Å². The van der Waals surface area contributed by atoms with Gasteiger partial charge < -0.3 is 20.3 Å². The van der Waals surface area contributed by atoms with Gasteiger partial charge in [0, 0.05) is 6.54 Å². The Balaban J connectivity index is 1.74. The van der Waals surface area contributed by atoms with Crippen molar-refractivity contribution in [2.45, 2.75) is 32.9 Å². The Morgan fingerprint density at radius 3 is 2.63 bits per heavy atom. The Kier molecular flexibility index (Phi) is 6.08. The number of carbonyl (C=O) groups excluding carboxylic acids is 1. The van der Waals surface area contributed by atoms with Crippen LogP contribution in [0.4, 0.5) is 5.95 Å².